The number of nitrogens with one attached hydrogen (secondary N) is 3. The zero-order chi connectivity index (χ0) is 18.1. The average Bonchev–Trinajstić information content (AvgIpc) is 2.58. The van der Waals surface area contributed by atoms with Crippen molar-refractivity contribution < 1.29 is 9.53 Å². The van der Waals surface area contributed by atoms with Gasteiger partial charge >= 0.3 is 6.03 Å². The molecule has 2 rings (SSSR count). The number of amides is 2. The Balaban J connectivity index is 1.96. The number of aromatic nitrogens is 2. The predicted molar refractivity (Wildman–Crippen MR) is 99.2 cm³/mol. The van der Waals surface area contributed by atoms with E-state index >= 15 is 0 Å². The molecule has 0 aliphatic carbocycles. The number of unbranched alkanes of at least 4 members (excludes halogenated alkanes) is 1. The number of anilines is 3. The molecule has 0 aliphatic heterocycles. The molecule has 8 nitrogen and oxygen atoms in total. The zero-order valence-corrected chi connectivity index (χ0v) is 14.5. The second-order valence-corrected chi connectivity index (χ2v) is 5.45. The Labute approximate surface area is 147 Å². The molecular weight excluding hydrogens is 320 g/mol. The Kier molecular flexibility index (Phi) is 6.97. The van der Waals surface area contributed by atoms with Crippen LogP contribution in [0.2, 0.25) is 0 Å². The van der Waals surface area contributed by atoms with Crippen molar-refractivity contribution in [2.75, 3.05) is 36.1 Å². The Morgan fingerprint density at radius 2 is 2.04 bits per heavy atom. The lowest BCUT2D eigenvalue weighted by molar-refractivity contribution is 0.262. The quantitative estimate of drug-likeness (QED) is 0.547. The van der Waals surface area contributed by atoms with Crippen LogP contribution in [0.15, 0.2) is 30.3 Å². The number of methoxy groups -OCH3 is 1. The van der Waals surface area contributed by atoms with E-state index in [4.69, 9.17) is 10.5 Å². The second kappa shape index (κ2) is 9.43. The maximum atomic E-state index is 12.1. The van der Waals surface area contributed by atoms with Crippen molar-refractivity contribution in [3.8, 4) is 5.75 Å². The zero-order valence-electron chi connectivity index (χ0n) is 14.5. The van der Waals surface area contributed by atoms with Gasteiger partial charge in [0.05, 0.1) is 7.11 Å². The fourth-order valence-corrected chi connectivity index (χ4v) is 2.17. The summed E-state index contributed by atoms with van der Waals surface area (Å²) < 4.78 is 5.13. The summed E-state index contributed by atoms with van der Waals surface area (Å²) in [5.74, 6) is 1.57. The van der Waals surface area contributed by atoms with Crippen molar-refractivity contribution in [2.45, 2.75) is 19.8 Å². The lowest BCUT2D eigenvalue weighted by Crippen LogP contribution is -2.21. The van der Waals surface area contributed by atoms with Crippen molar-refractivity contribution in [3.63, 3.8) is 0 Å². The highest BCUT2D eigenvalue weighted by Gasteiger charge is 2.08. The SMILES string of the molecule is COc1cccc(NC(=O)Nc2nc(C)cc(NCCCCN)n2)c1. The number of hydrogen-bond acceptors (Lipinski definition) is 6. The fraction of sp³-hybridized carbons (Fsp3) is 0.353. The van der Waals surface area contributed by atoms with Crippen molar-refractivity contribution in [3.05, 3.63) is 36.0 Å². The molecule has 2 amide bonds. The normalized spacial score (nSPS) is 10.2. The summed E-state index contributed by atoms with van der Waals surface area (Å²) in [4.78, 5) is 20.6. The maximum Gasteiger partial charge on any atom is 0.326 e. The van der Waals surface area contributed by atoms with Gasteiger partial charge in [-0.25, -0.2) is 9.78 Å². The first-order chi connectivity index (χ1) is 12.1. The number of carbonyl (C=O) groups excluding carboxylic acids is 1. The first-order valence-electron chi connectivity index (χ1n) is 8.12. The van der Waals surface area contributed by atoms with E-state index in [0.717, 1.165) is 25.1 Å². The third-order valence-corrected chi connectivity index (χ3v) is 3.34. The number of rotatable bonds is 8. The summed E-state index contributed by atoms with van der Waals surface area (Å²) >= 11 is 0. The van der Waals surface area contributed by atoms with Gasteiger partial charge in [-0.3, -0.25) is 5.32 Å². The van der Waals surface area contributed by atoms with Crippen LogP contribution in [0.4, 0.5) is 22.2 Å². The highest BCUT2D eigenvalue weighted by atomic mass is 16.5. The molecule has 5 N–H and O–H groups in total. The van der Waals surface area contributed by atoms with Crippen LogP contribution in [0.3, 0.4) is 0 Å². The van der Waals surface area contributed by atoms with Gasteiger partial charge < -0.3 is 21.1 Å². The first-order valence-corrected chi connectivity index (χ1v) is 8.12. The van der Waals surface area contributed by atoms with E-state index in [1.54, 1.807) is 31.4 Å². The third-order valence-electron chi connectivity index (χ3n) is 3.34. The number of aryl methyl sites for hydroxylation is 1. The third kappa shape index (κ3) is 6.27. The van der Waals surface area contributed by atoms with Gasteiger partial charge in [0.1, 0.15) is 11.6 Å². The topological polar surface area (TPSA) is 114 Å². The van der Waals surface area contributed by atoms with Crippen molar-refractivity contribution in [1.82, 2.24) is 9.97 Å². The van der Waals surface area contributed by atoms with Gasteiger partial charge in [-0.2, -0.15) is 4.98 Å². The van der Waals surface area contributed by atoms with Crippen LogP contribution in [0.25, 0.3) is 0 Å². The molecule has 8 heteroatoms. The van der Waals surface area contributed by atoms with Crippen molar-refractivity contribution >= 4 is 23.5 Å². The first kappa shape index (κ1) is 18.5. The van der Waals surface area contributed by atoms with Gasteiger partial charge in [-0.1, -0.05) is 6.07 Å². The number of carbonyl (C=O) groups is 1. The minimum Gasteiger partial charge on any atom is -0.497 e. The molecule has 0 atom stereocenters. The summed E-state index contributed by atoms with van der Waals surface area (Å²) in [7, 11) is 1.57. The minimum absolute atomic E-state index is 0.238. The van der Waals surface area contributed by atoms with Gasteiger partial charge in [-0.15, -0.1) is 0 Å². The molecule has 134 valence electrons. The van der Waals surface area contributed by atoms with Gasteiger partial charge in [0, 0.05) is 30.1 Å². The summed E-state index contributed by atoms with van der Waals surface area (Å²) in [6, 6.07) is 8.49. The van der Waals surface area contributed by atoms with Crippen LogP contribution in [0.5, 0.6) is 5.75 Å². The van der Waals surface area contributed by atoms with E-state index in [-0.39, 0.29) is 5.95 Å². The molecule has 0 saturated heterocycles. The van der Waals surface area contributed by atoms with E-state index < -0.39 is 6.03 Å². The molecule has 0 unspecified atom stereocenters. The summed E-state index contributed by atoms with van der Waals surface area (Å²) in [6.07, 6.45) is 1.91. The monoisotopic (exact) mass is 344 g/mol. The largest absolute Gasteiger partial charge is 0.497 e. The van der Waals surface area contributed by atoms with E-state index in [1.807, 2.05) is 13.0 Å². The van der Waals surface area contributed by atoms with Crippen molar-refractivity contribution in [1.29, 1.82) is 0 Å². The summed E-state index contributed by atoms with van der Waals surface area (Å²) in [6.45, 7) is 3.28. The van der Waals surface area contributed by atoms with Gasteiger partial charge in [0.2, 0.25) is 5.95 Å². The molecule has 25 heavy (non-hydrogen) atoms. The minimum atomic E-state index is -0.423. The predicted octanol–water partition coefficient (Wildman–Crippen LogP) is 2.59. The molecule has 0 fully saturated rings. The molecular formula is C17H24N6O2. The van der Waals surface area contributed by atoms with Gasteiger partial charge in [0.25, 0.3) is 0 Å². The number of nitrogens with two attached hydrogens (primary N) is 1. The summed E-state index contributed by atoms with van der Waals surface area (Å²) in [5, 5.41) is 8.56. The molecule has 0 radical (unpaired) electrons. The van der Waals surface area contributed by atoms with Gasteiger partial charge in [-0.05, 0) is 38.4 Å². The van der Waals surface area contributed by atoms with Crippen LogP contribution in [-0.4, -0.2) is 36.2 Å². The van der Waals surface area contributed by atoms with E-state index in [1.165, 1.54) is 0 Å². The lowest BCUT2D eigenvalue weighted by atomic mass is 10.3. The molecule has 0 bridgehead atoms. The van der Waals surface area contributed by atoms with E-state index in [2.05, 4.69) is 25.9 Å². The van der Waals surface area contributed by atoms with Crippen LogP contribution in [0.1, 0.15) is 18.5 Å². The molecule has 1 aromatic carbocycles. The number of urea groups is 1. The standard InChI is InChI=1S/C17H24N6O2/c1-12-10-15(19-9-4-3-8-18)22-16(20-12)23-17(24)21-13-6-5-7-14(11-13)25-2/h5-7,10-11H,3-4,8-9,18H2,1-2H3,(H3,19,20,21,22,23,24). The van der Waals surface area contributed by atoms with Crippen LogP contribution < -0.4 is 26.4 Å². The molecule has 0 saturated carbocycles. The summed E-state index contributed by atoms with van der Waals surface area (Å²) in [5.41, 5.74) is 6.85. The molecule has 1 heterocycles. The van der Waals surface area contributed by atoms with Crippen molar-refractivity contribution in [2.24, 2.45) is 5.73 Å². The average molecular weight is 344 g/mol. The Bertz CT molecular complexity index is 707. The van der Waals surface area contributed by atoms with Crippen LogP contribution >= 0.6 is 0 Å². The Hall–Kier alpha value is -2.87. The Morgan fingerprint density at radius 1 is 1.20 bits per heavy atom. The smallest absolute Gasteiger partial charge is 0.326 e. The maximum absolute atomic E-state index is 12.1. The van der Waals surface area contributed by atoms with E-state index in [0.29, 0.717) is 23.8 Å². The molecule has 2 aromatic rings. The number of hydrogen-bond donors (Lipinski definition) is 4. The fourth-order valence-electron chi connectivity index (χ4n) is 2.17. The lowest BCUT2D eigenvalue weighted by Gasteiger charge is -2.10. The molecule has 1 aromatic heterocycles. The molecule has 0 aliphatic rings. The van der Waals surface area contributed by atoms with Crippen LogP contribution in [0, 0.1) is 6.92 Å². The molecule has 0 spiro atoms. The Morgan fingerprint density at radius 3 is 2.80 bits per heavy atom. The van der Waals surface area contributed by atoms with Gasteiger partial charge in [0.15, 0.2) is 0 Å². The number of nitrogens with zero attached hydrogens (tertiary/aromatic N) is 2. The van der Waals surface area contributed by atoms with E-state index in [9.17, 15) is 4.79 Å². The number of ether oxygens (including phenoxy) is 1. The highest BCUT2D eigenvalue weighted by molar-refractivity contribution is 5.98. The highest BCUT2D eigenvalue weighted by Crippen LogP contribution is 2.17. The number of benzene rings is 1. The van der Waals surface area contributed by atoms with Crippen LogP contribution in [-0.2, 0) is 0 Å². The second-order valence-electron chi connectivity index (χ2n) is 5.45.